The van der Waals surface area contributed by atoms with Crippen LogP contribution in [0.2, 0.25) is 0 Å². The number of benzene rings is 2. The summed E-state index contributed by atoms with van der Waals surface area (Å²) in [6.45, 7) is 0. The summed E-state index contributed by atoms with van der Waals surface area (Å²) in [6, 6.07) is 9.86. The number of hydrogen-bond donors (Lipinski definition) is 2. The van der Waals surface area contributed by atoms with Crippen LogP contribution >= 0.6 is 0 Å². The predicted molar refractivity (Wildman–Crippen MR) is 77.0 cm³/mol. The van der Waals surface area contributed by atoms with Crippen molar-refractivity contribution in [3.05, 3.63) is 71.3 Å². The average molecular weight is 304 g/mol. The van der Waals surface area contributed by atoms with Crippen molar-refractivity contribution >= 4 is 11.8 Å². The topological polar surface area (TPSA) is 72.2 Å². The van der Waals surface area contributed by atoms with E-state index >= 15 is 0 Å². The molecule has 2 amide bonds. The lowest BCUT2D eigenvalue weighted by Crippen LogP contribution is -2.46. The molecule has 3 N–H and O–H groups in total. The number of nitrogens with two attached hydrogens (primary N) is 1. The number of carbonyl (C=O) groups excluding carboxylic acids is 2. The summed E-state index contributed by atoms with van der Waals surface area (Å²) >= 11 is 0. The van der Waals surface area contributed by atoms with Crippen molar-refractivity contribution in [3.63, 3.8) is 0 Å². The molecule has 0 aromatic heterocycles. The lowest BCUT2D eigenvalue weighted by Gasteiger charge is -2.16. The summed E-state index contributed by atoms with van der Waals surface area (Å²) in [5, 5.41) is 2.39. The second-order valence-corrected chi connectivity index (χ2v) is 4.74. The number of amides is 2. The summed E-state index contributed by atoms with van der Waals surface area (Å²) in [5.74, 6) is -2.59. The van der Waals surface area contributed by atoms with Crippen LogP contribution < -0.4 is 11.1 Å². The molecule has 114 valence electrons. The monoisotopic (exact) mass is 304 g/mol. The van der Waals surface area contributed by atoms with Gasteiger partial charge in [-0.25, -0.2) is 8.78 Å². The average Bonchev–Trinajstić information content (AvgIpc) is 2.49. The van der Waals surface area contributed by atoms with Crippen LogP contribution in [-0.2, 0) is 11.2 Å². The van der Waals surface area contributed by atoms with Gasteiger partial charge in [-0.1, -0.05) is 24.3 Å². The predicted octanol–water partition coefficient (Wildman–Crippen LogP) is 1.79. The Morgan fingerprint density at radius 3 is 2.27 bits per heavy atom. The van der Waals surface area contributed by atoms with E-state index in [0.29, 0.717) is 5.56 Å². The van der Waals surface area contributed by atoms with Gasteiger partial charge in [0.05, 0.1) is 5.56 Å². The third kappa shape index (κ3) is 3.88. The molecule has 0 aliphatic rings. The van der Waals surface area contributed by atoms with E-state index < -0.39 is 29.5 Å². The summed E-state index contributed by atoms with van der Waals surface area (Å²) in [5.41, 5.74) is 5.71. The van der Waals surface area contributed by atoms with Gasteiger partial charge in [-0.05, 0) is 29.8 Å². The molecule has 0 spiro atoms. The molecule has 0 aliphatic carbocycles. The number of hydrogen-bond acceptors (Lipinski definition) is 2. The molecule has 2 aromatic carbocycles. The molecule has 0 radical (unpaired) electrons. The first-order chi connectivity index (χ1) is 10.5. The van der Waals surface area contributed by atoms with Crippen molar-refractivity contribution in [2.45, 2.75) is 12.5 Å². The Kier molecular flexibility index (Phi) is 4.83. The summed E-state index contributed by atoms with van der Waals surface area (Å²) in [6.07, 6.45) is 0.0931. The molecule has 0 bridgehead atoms. The van der Waals surface area contributed by atoms with Crippen LogP contribution in [0.4, 0.5) is 8.78 Å². The normalized spacial score (nSPS) is 11.7. The van der Waals surface area contributed by atoms with Gasteiger partial charge in [0, 0.05) is 6.42 Å². The van der Waals surface area contributed by atoms with E-state index in [9.17, 15) is 18.4 Å². The Labute approximate surface area is 125 Å². The van der Waals surface area contributed by atoms with Gasteiger partial charge in [0.1, 0.15) is 17.7 Å². The lowest BCUT2D eigenvalue weighted by atomic mass is 10.0. The quantitative estimate of drug-likeness (QED) is 0.884. The Morgan fingerprint density at radius 2 is 1.68 bits per heavy atom. The van der Waals surface area contributed by atoms with Crippen LogP contribution in [0.5, 0.6) is 0 Å². The molecule has 2 rings (SSSR count). The number of carbonyl (C=O) groups is 2. The highest BCUT2D eigenvalue weighted by Crippen LogP contribution is 2.09. The van der Waals surface area contributed by atoms with Crippen molar-refractivity contribution in [2.24, 2.45) is 5.73 Å². The van der Waals surface area contributed by atoms with Crippen molar-refractivity contribution in [3.8, 4) is 0 Å². The highest BCUT2D eigenvalue weighted by atomic mass is 19.1. The van der Waals surface area contributed by atoms with Gasteiger partial charge in [0.25, 0.3) is 5.91 Å². The smallest absolute Gasteiger partial charge is 0.254 e. The first kappa shape index (κ1) is 15.6. The van der Waals surface area contributed by atoms with E-state index in [2.05, 4.69) is 5.32 Å². The van der Waals surface area contributed by atoms with Crippen LogP contribution in [0.15, 0.2) is 48.5 Å². The molecule has 6 heteroatoms. The Hall–Kier alpha value is -2.76. The zero-order chi connectivity index (χ0) is 16.1. The Morgan fingerprint density at radius 1 is 1.05 bits per heavy atom. The first-order valence-corrected chi connectivity index (χ1v) is 6.56. The second-order valence-electron chi connectivity index (χ2n) is 4.74. The first-order valence-electron chi connectivity index (χ1n) is 6.56. The van der Waals surface area contributed by atoms with E-state index in [4.69, 9.17) is 5.73 Å². The highest BCUT2D eigenvalue weighted by Gasteiger charge is 2.21. The molecule has 2 aromatic rings. The SMILES string of the molecule is NC(=O)[C@@H](Cc1ccc(F)cc1)NC(=O)c1ccccc1F. The van der Waals surface area contributed by atoms with Gasteiger partial charge in [0.15, 0.2) is 0 Å². The molecule has 0 saturated heterocycles. The maximum absolute atomic E-state index is 13.5. The van der Waals surface area contributed by atoms with E-state index in [1.54, 1.807) is 0 Å². The van der Waals surface area contributed by atoms with Crippen molar-refractivity contribution in [1.82, 2.24) is 5.32 Å². The molecule has 22 heavy (non-hydrogen) atoms. The summed E-state index contributed by atoms with van der Waals surface area (Å²) < 4.78 is 26.4. The van der Waals surface area contributed by atoms with Crippen molar-refractivity contribution in [1.29, 1.82) is 0 Å². The molecule has 4 nitrogen and oxygen atoms in total. The maximum atomic E-state index is 13.5. The van der Waals surface area contributed by atoms with Crippen LogP contribution in [0.1, 0.15) is 15.9 Å². The molecule has 0 fully saturated rings. The minimum absolute atomic E-state index is 0.0931. The van der Waals surface area contributed by atoms with Crippen LogP contribution in [-0.4, -0.2) is 17.9 Å². The largest absolute Gasteiger partial charge is 0.368 e. The van der Waals surface area contributed by atoms with Crippen molar-refractivity contribution in [2.75, 3.05) is 0 Å². The number of halogens is 2. The van der Waals surface area contributed by atoms with E-state index in [1.165, 1.54) is 42.5 Å². The third-order valence-corrected chi connectivity index (χ3v) is 3.12. The van der Waals surface area contributed by atoms with Gasteiger partial charge in [-0.15, -0.1) is 0 Å². The molecule has 0 aliphatic heterocycles. The molecule has 0 unspecified atom stereocenters. The Balaban J connectivity index is 2.12. The standard InChI is InChI=1S/C16H14F2N2O2/c17-11-7-5-10(6-8-11)9-14(15(19)21)20-16(22)12-3-1-2-4-13(12)18/h1-8,14H,9H2,(H2,19,21)(H,20,22)/t14-/m1/s1. The summed E-state index contributed by atoms with van der Waals surface area (Å²) in [7, 11) is 0. The molecule has 0 heterocycles. The summed E-state index contributed by atoms with van der Waals surface area (Å²) in [4.78, 5) is 23.5. The van der Waals surface area contributed by atoms with Crippen molar-refractivity contribution < 1.29 is 18.4 Å². The molecular formula is C16H14F2N2O2. The minimum atomic E-state index is -1.02. The van der Waals surface area contributed by atoms with Gasteiger partial charge in [0.2, 0.25) is 5.91 Å². The molecule has 1 atom stereocenters. The van der Waals surface area contributed by atoms with Gasteiger partial charge < -0.3 is 11.1 Å². The second kappa shape index (κ2) is 6.80. The van der Waals surface area contributed by atoms with E-state index in [0.717, 1.165) is 6.07 Å². The van der Waals surface area contributed by atoms with Gasteiger partial charge in [-0.2, -0.15) is 0 Å². The zero-order valence-electron chi connectivity index (χ0n) is 11.6. The molecule has 0 saturated carbocycles. The van der Waals surface area contributed by atoms with Crippen LogP contribution in [0.3, 0.4) is 0 Å². The fourth-order valence-electron chi connectivity index (χ4n) is 1.96. The fraction of sp³-hybridized carbons (Fsp3) is 0.125. The minimum Gasteiger partial charge on any atom is -0.368 e. The zero-order valence-corrected chi connectivity index (χ0v) is 11.6. The maximum Gasteiger partial charge on any atom is 0.254 e. The number of rotatable bonds is 5. The lowest BCUT2D eigenvalue weighted by molar-refractivity contribution is -0.119. The van der Waals surface area contributed by atoms with E-state index in [1.807, 2.05) is 0 Å². The Bertz CT molecular complexity index is 687. The van der Waals surface area contributed by atoms with Gasteiger partial charge >= 0.3 is 0 Å². The van der Waals surface area contributed by atoms with Gasteiger partial charge in [-0.3, -0.25) is 9.59 Å². The number of nitrogens with one attached hydrogen (secondary N) is 1. The fourth-order valence-corrected chi connectivity index (χ4v) is 1.96. The van der Waals surface area contributed by atoms with Crippen LogP contribution in [0, 0.1) is 11.6 Å². The molecular weight excluding hydrogens is 290 g/mol. The van der Waals surface area contributed by atoms with Crippen LogP contribution in [0.25, 0.3) is 0 Å². The highest BCUT2D eigenvalue weighted by molar-refractivity contribution is 5.97. The number of primary amides is 1. The third-order valence-electron chi connectivity index (χ3n) is 3.12. The van der Waals surface area contributed by atoms with E-state index in [-0.39, 0.29) is 12.0 Å².